The molecular weight excluding hydrogens is 226 g/mol. The highest BCUT2D eigenvalue weighted by Crippen LogP contribution is 2.28. The van der Waals surface area contributed by atoms with Gasteiger partial charge >= 0.3 is 0 Å². The van der Waals surface area contributed by atoms with Crippen molar-refractivity contribution >= 4 is 11.6 Å². The molecule has 0 fully saturated rings. The van der Waals surface area contributed by atoms with Crippen LogP contribution in [0.3, 0.4) is 0 Å². The summed E-state index contributed by atoms with van der Waals surface area (Å²) in [4.78, 5) is 0. The second kappa shape index (κ2) is 5.07. The first-order valence-corrected chi connectivity index (χ1v) is 5.40. The second-order valence-electron chi connectivity index (χ2n) is 3.78. The van der Waals surface area contributed by atoms with Gasteiger partial charge in [0.1, 0.15) is 0 Å². The Balaban J connectivity index is 2.43. The van der Waals surface area contributed by atoms with Crippen molar-refractivity contribution in [2.45, 2.75) is 0 Å². The summed E-state index contributed by atoms with van der Waals surface area (Å²) < 4.78 is 0. The smallest absolute Gasteiger partial charge is 0.158 e. The predicted molar refractivity (Wildman–Crippen MR) is 69.7 cm³/mol. The van der Waals surface area contributed by atoms with Crippen LogP contribution in [0, 0.1) is 11.3 Å². The molecule has 0 radical (unpaired) electrons. The SMILES string of the molecule is N#C/C(=C\c1ccccc1)c1ccc(O)c(O)c1. The summed E-state index contributed by atoms with van der Waals surface area (Å²) in [5.41, 5.74) is 1.90. The normalized spacial score (nSPS) is 10.9. The van der Waals surface area contributed by atoms with Gasteiger partial charge in [-0.1, -0.05) is 30.3 Å². The first-order valence-electron chi connectivity index (χ1n) is 5.40. The number of aromatic hydroxyl groups is 2. The number of nitriles is 1. The summed E-state index contributed by atoms with van der Waals surface area (Å²) in [5.74, 6) is -0.433. The average Bonchev–Trinajstić information content (AvgIpc) is 2.40. The molecule has 2 aromatic carbocycles. The highest BCUT2D eigenvalue weighted by molar-refractivity contribution is 5.90. The summed E-state index contributed by atoms with van der Waals surface area (Å²) in [5, 5.41) is 27.8. The fourth-order valence-corrected chi connectivity index (χ4v) is 1.59. The third-order valence-electron chi connectivity index (χ3n) is 2.52. The number of nitrogens with zero attached hydrogens (tertiary/aromatic N) is 1. The van der Waals surface area contributed by atoms with E-state index in [9.17, 15) is 10.2 Å². The van der Waals surface area contributed by atoms with Gasteiger partial charge in [0.15, 0.2) is 11.5 Å². The van der Waals surface area contributed by atoms with E-state index in [-0.39, 0.29) is 11.5 Å². The molecule has 0 spiro atoms. The van der Waals surface area contributed by atoms with E-state index in [0.29, 0.717) is 11.1 Å². The minimum atomic E-state index is -0.235. The number of benzene rings is 2. The lowest BCUT2D eigenvalue weighted by Crippen LogP contribution is -1.82. The molecule has 3 nitrogen and oxygen atoms in total. The lowest BCUT2D eigenvalue weighted by molar-refractivity contribution is 0.403. The zero-order valence-corrected chi connectivity index (χ0v) is 9.54. The Kier molecular flexibility index (Phi) is 3.31. The largest absolute Gasteiger partial charge is 0.504 e. The lowest BCUT2D eigenvalue weighted by atomic mass is 10.0. The van der Waals surface area contributed by atoms with Crippen LogP contribution in [0.25, 0.3) is 11.6 Å². The Labute approximate surface area is 105 Å². The van der Waals surface area contributed by atoms with Crippen LogP contribution in [-0.4, -0.2) is 10.2 Å². The van der Waals surface area contributed by atoms with Gasteiger partial charge in [0, 0.05) is 0 Å². The molecule has 0 aliphatic heterocycles. The third-order valence-corrected chi connectivity index (χ3v) is 2.52. The molecule has 0 aliphatic carbocycles. The van der Waals surface area contributed by atoms with Crippen molar-refractivity contribution in [3.05, 3.63) is 59.7 Å². The Morgan fingerprint density at radius 2 is 1.72 bits per heavy atom. The lowest BCUT2D eigenvalue weighted by Gasteiger charge is -2.02. The second-order valence-corrected chi connectivity index (χ2v) is 3.78. The number of hydrogen-bond donors (Lipinski definition) is 2. The van der Waals surface area contributed by atoms with E-state index in [1.807, 2.05) is 30.3 Å². The maximum atomic E-state index is 9.42. The Morgan fingerprint density at radius 1 is 1.00 bits per heavy atom. The Hall–Kier alpha value is -2.73. The van der Waals surface area contributed by atoms with Crippen LogP contribution >= 0.6 is 0 Å². The molecule has 0 saturated heterocycles. The van der Waals surface area contributed by atoms with E-state index >= 15 is 0 Å². The quantitative estimate of drug-likeness (QED) is 0.479. The predicted octanol–water partition coefficient (Wildman–Crippen LogP) is 3.16. The molecule has 18 heavy (non-hydrogen) atoms. The molecule has 0 saturated carbocycles. The van der Waals surface area contributed by atoms with E-state index < -0.39 is 0 Å². The first-order chi connectivity index (χ1) is 8.70. The maximum Gasteiger partial charge on any atom is 0.158 e. The van der Waals surface area contributed by atoms with Crippen molar-refractivity contribution in [3.63, 3.8) is 0 Å². The van der Waals surface area contributed by atoms with Gasteiger partial charge in [-0.05, 0) is 35.4 Å². The summed E-state index contributed by atoms with van der Waals surface area (Å²) >= 11 is 0. The van der Waals surface area contributed by atoms with Crippen molar-refractivity contribution in [2.75, 3.05) is 0 Å². The minimum absolute atomic E-state index is 0.198. The van der Waals surface area contributed by atoms with Crippen LogP contribution in [0.1, 0.15) is 11.1 Å². The molecule has 0 aliphatic rings. The van der Waals surface area contributed by atoms with E-state index in [2.05, 4.69) is 6.07 Å². The van der Waals surface area contributed by atoms with Gasteiger partial charge in [0.25, 0.3) is 0 Å². The van der Waals surface area contributed by atoms with Gasteiger partial charge < -0.3 is 10.2 Å². The number of rotatable bonds is 2. The molecule has 2 aromatic rings. The zero-order valence-electron chi connectivity index (χ0n) is 9.54. The van der Waals surface area contributed by atoms with Crippen LogP contribution in [0.4, 0.5) is 0 Å². The van der Waals surface area contributed by atoms with Gasteiger partial charge in [-0.25, -0.2) is 0 Å². The minimum Gasteiger partial charge on any atom is -0.504 e. The standard InChI is InChI=1S/C15H11NO2/c16-10-13(8-11-4-2-1-3-5-11)12-6-7-14(17)15(18)9-12/h1-9,17-18H/b13-8+. The molecule has 0 aromatic heterocycles. The monoisotopic (exact) mass is 237 g/mol. The van der Waals surface area contributed by atoms with Crippen LogP contribution in [-0.2, 0) is 0 Å². The van der Waals surface area contributed by atoms with Crippen LogP contribution < -0.4 is 0 Å². The summed E-state index contributed by atoms with van der Waals surface area (Å²) in [7, 11) is 0. The highest BCUT2D eigenvalue weighted by Gasteiger charge is 2.05. The molecule has 0 unspecified atom stereocenters. The van der Waals surface area contributed by atoms with E-state index in [4.69, 9.17) is 5.26 Å². The van der Waals surface area contributed by atoms with E-state index in [1.54, 1.807) is 12.1 Å². The topological polar surface area (TPSA) is 64.2 Å². The molecule has 0 bridgehead atoms. The fourth-order valence-electron chi connectivity index (χ4n) is 1.59. The average molecular weight is 237 g/mol. The van der Waals surface area contributed by atoms with Crippen molar-refractivity contribution in [1.29, 1.82) is 5.26 Å². The molecule has 3 heteroatoms. The first kappa shape index (κ1) is 11.7. The van der Waals surface area contributed by atoms with Crippen molar-refractivity contribution in [3.8, 4) is 17.6 Å². The van der Waals surface area contributed by atoms with Crippen LogP contribution in [0.5, 0.6) is 11.5 Å². The van der Waals surface area contributed by atoms with Crippen molar-refractivity contribution in [2.24, 2.45) is 0 Å². The summed E-state index contributed by atoms with van der Waals surface area (Å²) in [6, 6.07) is 15.8. The number of hydrogen-bond acceptors (Lipinski definition) is 3. The molecular formula is C15H11NO2. The molecule has 0 amide bonds. The third kappa shape index (κ3) is 2.50. The van der Waals surface area contributed by atoms with Gasteiger partial charge in [-0.3, -0.25) is 0 Å². The molecule has 88 valence electrons. The molecule has 2 rings (SSSR count). The number of allylic oxidation sites excluding steroid dienone is 1. The summed E-state index contributed by atoms with van der Waals surface area (Å²) in [6.45, 7) is 0. The highest BCUT2D eigenvalue weighted by atomic mass is 16.3. The Morgan fingerprint density at radius 3 is 2.33 bits per heavy atom. The Bertz CT molecular complexity index is 625. The molecule has 2 N–H and O–H groups in total. The zero-order chi connectivity index (χ0) is 13.0. The number of phenols is 2. The van der Waals surface area contributed by atoms with Gasteiger partial charge in [0.05, 0.1) is 11.6 Å². The van der Waals surface area contributed by atoms with Crippen molar-refractivity contribution in [1.82, 2.24) is 0 Å². The number of phenolic OH excluding ortho intramolecular Hbond substituents is 2. The fraction of sp³-hybridized carbons (Fsp3) is 0. The van der Waals surface area contributed by atoms with E-state index in [0.717, 1.165) is 5.56 Å². The summed E-state index contributed by atoms with van der Waals surface area (Å²) in [6.07, 6.45) is 1.73. The maximum absolute atomic E-state index is 9.42. The van der Waals surface area contributed by atoms with Crippen LogP contribution in [0.15, 0.2) is 48.5 Å². The van der Waals surface area contributed by atoms with E-state index in [1.165, 1.54) is 12.1 Å². The van der Waals surface area contributed by atoms with Gasteiger partial charge in [-0.2, -0.15) is 5.26 Å². The van der Waals surface area contributed by atoms with Crippen LogP contribution in [0.2, 0.25) is 0 Å². The van der Waals surface area contributed by atoms with Gasteiger partial charge in [0.2, 0.25) is 0 Å². The molecule has 0 atom stereocenters. The molecule has 0 heterocycles. The van der Waals surface area contributed by atoms with Crippen molar-refractivity contribution < 1.29 is 10.2 Å². The van der Waals surface area contributed by atoms with Gasteiger partial charge in [-0.15, -0.1) is 0 Å².